The van der Waals surface area contributed by atoms with E-state index in [-0.39, 0.29) is 5.76 Å². The zero-order chi connectivity index (χ0) is 17.4. The fourth-order valence-electron chi connectivity index (χ4n) is 2.83. The molecule has 1 aliphatic heterocycles. The molecule has 25 heavy (non-hydrogen) atoms. The smallest absolute Gasteiger partial charge is 0.135 e. The molecule has 0 saturated carbocycles. The predicted octanol–water partition coefficient (Wildman–Crippen LogP) is 4.94. The van der Waals surface area contributed by atoms with Crippen LogP contribution in [0.5, 0.6) is 0 Å². The Kier molecular flexibility index (Phi) is 4.15. The van der Waals surface area contributed by atoms with E-state index >= 15 is 0 Å². The molecule has 2 aromatic heterocycles. The first kappa shape index (κ1) is 16.1. The van der Waals surface area contributed by atoms with Crippen LogP contribution < -0.4 is 0 Å². The molecule has 0 bridgehead atoms. The summed E-state index contributed by atoms with van der Waals surface area (Å²) < 4.78 is 0. The lowest BCUT2D eigenvalue weighted by molar-refractivity contribution is 0.347. The lowest BCUT2D eigenvalue weighted by Gasteiger charge is -2.18. The summed E-state index contributed by atoms with van der Waals surface area (Å²) in [6, 6.07) is 12.3. The number of benzene rings is 1. The average molecular weight is 367 g/mol. The first-order chi connectivity index (χ1) is 12.1. The van der Waals surface area contributed by atoms with E-state index in [0.29, 0.717) is 29.5 Å². The van der Waals surface area contributed by atoms with Crippen LogP contribution in [0.3, 0.4) is 0 Å². The van der Waals surface area contributed by atoms with Gasteiger partial charge in [-0.05, 0) is 23.9 Å². The second-order valence-electron chi connectivity index (χ2n) is 6.03. The maximum absolute atomic E-state index is 10.4. The maximum atomic E-state index is 10.4. The molecule has 0 spiro atoms. The topological polar surface area (TPSA) is 60.2 Å². The second kappa shape index (κ2) is 6.46. The second-order valence-corrected chi connectivity index (χ2v) is 7.83. The van der Waals surface area contributed by atoms with Gasteiger partial charge < -0.3 is 10.0 Å². The van der Waals surface area contributed by atoms with Gasteiger partial charge in [0.05, 0.1) is 22.7 Å². The Balaban J connectivity index is 1.55. The molecule has 0 radical (unpaired) electrons. The molecule has 4 rings (SSSR count). The van der Waals surface area contributed by atoms with Gasteiger partial charge in [-0.15, -0.1) is 22.7 Å². The van der Waals surface area contributed by atoms with Crippen LogP contribution in [0, 0.1) is 12.3 Å². The van der Waals surface area contributed by atoms with Gasteiger partial charge in [-0.3, -0.25) is 5.41 Å². The standard InChI is InChI=1S/C19H17N3OS2/c1-12-4-6-13(7-5-12)9-22-10-15(23)17(18(22)20)19-21-14(11-25-19)16-3-2-8-24-16/h2-8,11,20,23H,9-10H2,1H3. The Morgan fingerprint density at radius 3 is 2.72 bits per heavy atom. The number of hydrogen-bond acceptors (Lipinski definition) is 5. The van der Waals surface area contributed by atoms with Gasteiger partial charge in [0, 0.05) is 11.9 Å². The third-order valence-electron chi connectivity index (χ3n) is 4.17. The van der Waals surface area contributed by atoms with Crippen molar-refractivity contribution >= 4 is 34.1 Å². The summed E-state index contributed by atoms with van der Waals surface area (Å²) in [4.78, 5) is 7.61. The molecule has 3 aromatic rings. The minimum atomic E-state index is 0.226. The molecule has 6 heteroatoms. The van der Waals surface area contributed by atoms with Gasteiger partial charge in [0.25, 0.3) is 0 Å². The molecular weight excluding hydrogens is 350 g/mol. The minimum Gasteiger partial charge on any atom is -0.510 e. The van der Waals surface area contributed by atoms with Crippen molar-refractivity contribution in [1.29, 1.82) is 5.41 Å². The van der Waals surface area contributed by atoms with Crippen LogP contribution in [0.2, 0.25) is 0 Å². The highest BCUT2D eigenvalue weighted by Gasteiger charge is 2.30. The lowest BCUT2D eigenvalue weighted by atomic mass is 10.1. The number of amidine groups is 1. The van der Waals surface area contributed by atoms with Gasteiger partial charge in [0.2, 0.25) is 0 Å². The Hall–Kier alpha value is -2.44. The summed E-state index contributed by atoms with van der Waals surface area (Å²) in [6.07, 6.45) is 0. The number of rotatable bonds is 4. The average Bonchev–Trinajstić information content (AvgIpc) is 3.31. The van der Waals surface area contributed by atoms with Crippen LogP contribution in [0.4, 0.5) is 0 Å². The minimum absolute atomic E-state index is 0.226. The van der Waals surface area contributed by atoms with Crippen LogP contribution >= 0.6 is 22.7 Å². The maximum Gasteiger partial charge on any atom is 0.135 e. The molecule has 1 aliphatic rings. The van der Waals surface area contributed by atoms with Crippen molar-refractivity contribution in [1.82, 2.24) is 9.88 Å². The number of thiazole rings is 1. The summed E-state index contributed by atoms with van der Waals surface area (Å²) in [6.45, 7) is 3.02. The number of aryl methyl sites for hydroxylation is 1. The van der Waals surface area contributed by atoms with Gasteiger partial charge >= 0.3 is 0 Å². The Morgan fingerprint density at radius 2 is 2.00 bits per heavy atom. The van der Waals surface area contributed by atoms with Crippen LogP contribution in [-0.2, 0) is 6.54 Å². The van der Waals surface area contributed by atoms with Crippen LogP contribution in [-0.4, -0.2) is 27.4 Å². The Bertz CT molecular complexity index is 939. The van der Waals surface area contributed by atoms with E-state index in [9.17, 15) is 5.11 Å². The van der Waals surface area contributed by atoms with Gasteiger partial charge in [-0.2, -0.15) is 0 Å². The molecule has 0 aliphatic carbocycles. The van der Waals surface area contributed by atoms with Gasteiger partial charge in [-0.25, -0.2) is 4.98 Å². The highest BCUT2D eigenvalue weighted by Crippen LogP contribution is 2.33. The normalized spacial score (nSPS) is 14.6. The van der Waals surface area contributed by atoms with Crippen molar-refractivity contribution in [3.05, 3.63) is 69.1 Å². The fourth-order valence-corrected chi connectivity index (χ4v) is 4.48. The summed E-state index contributed by atoms with van der Waals surface area (Å²) in [5.74, 6) is 0.564. The first-order valence-electron chi connectivity index (χ1n) is 7.93. The largest absolute Gasteiger partial charge is 0.510 e. The van der Waals surface area contributed by atoms with E-state index in [1.54, 1.807) is 11.3 Å². The van der Waals surface area contributed by atoms with Crippen molar-refractivity contribution in [3.63, 3.8) is 0 Å². The number of aromatic nitrogens is 1. The molecule has 0 amide bonds. The highest BCUT2D eigenvalue weighted by molar-refractivity contribution is 7.14. The zero-order valence-electron chi connectivity index (χ0n) is 13.7. The molecule has 0 fully saturated rings. The molecule has 2 N–H and O–H groups in total. The predicted molar refractivity (Wildman–Crippen MR) is 104 cm³/mol. The molecule has 0 saturated heterocycles. The van der Waals surface area contributed by atoms with Crippen LogP contribution in [0.15, 0.2) is 52.9 Å². The SMILES string of the molecule is Cc1ccc(CN2CC(O)=C(c3nc(-c4cccs4)cs3)C2=N)cc1. The number of aliphatic hydroxyl groups is 1. The van der Waals surface area contributed by atoms with Crippen molar-refractivity contribution < 1.29 is 5.11 Å². The van der Waals surface area contributed by atoms with Crippen LogP contribution in [0.1, 0.15) is 16.1 Å². The molecule has 3 heterocycles. The molecule has 4 nitrogen and oxygen atoms in total. The van der Waals surface area contributed by atoms with Gasteiger partial charge in [0.1, 0.15) is 16.6 Å². The van der Waals surface area contributed by atoms with Crippen molar-refractivity contribution in [2.45, 2.75) is 13.5 Å². The third-order valence-corrected chi connectivity index (χ3v) is 5.92. The van der Waals surface area contributed by atoms with Crippen LogP contribution in [0.25, 0.3) is 16.1 Å². The molecular formula is C19H17N3OS2. The van der Waals surface area contributed by atoms with Crippen molar-refractivity contribution in [2.24, 2.45) is 0 Å². The first-order valence-corrected chi connectivity index (χ1v) is 9.69. The Morgan fingerprint density at radius 1 is 1.20 bits per heavy atom. The van der Waals surface area contributed by atoms with E-state index in [0.717, 1.165) is 16.1 Å². The van der Waals surface area contributed by atoms with Gasteiger partial charge in [0.15, 0.2) is 0 Å². The zero-order valence-corrected chi connectivity index (χ0v) is 15.3. The van der Waals surface area contributed by atoms with E-state index in [2.05, 4.69) is 36.2 Å². The fraction of sp³-hybridized carbons (Fsp3) is 0.158. The quantitative estimate of drug-likeness (QED) is 0.686. The van der Waals surface area contributed by atoms with E-state index in [1.807, 2.05) is 27.8 Å². The van der Waals surface area contributed by atoms with E-state index in [1.165, 1.54) is 16.9 Å². The summed E-state index contributed by atoms with van der Waals surface area (Å²) in [7, 11) is 0. The molecule has 1 aromatic carbocycles. The number of hydrogen-bond donors (Lipinski definition) is 2. The summed E-state index contributed by atoms with van der Waals surface area (Å²) in [5.41, 5.74) is 3.80. The summed E-state index contributed by atoms with van der Waals surface area (Å²) >= 11 is 3.11. The van der Waals surface area contributed by atoms with E-state index < -0.39 is 0 Å². The van der Waals surface area contributed by atoms with Crippen molar-refractivity contribution in [3.8, 4) is 10.6 Å². The Labute approximate surface area is 154 Å². The number of thiophene rings is 1. The molecule has 0 atom stereocenters. The molecule has 0 unspecified atom stereocenters. The van der Waals surface area contributed by atoms with Crippen molar-refractivity contribution in [2.75, 3.05) is 6.54 Å². The van der Waals surface area contributed by atoms with Gasteiger partial charge in [-0.1, -0.05) is 35.9 Å². The number of aliphatic hydroxyl groups excluding tert-OH is 1. The number of nitrogens with zero attached hydrogens (tertiary/aromatic N) is 2. The monoisotopic (exact) mass is 367 g/mol. The lowest BCUT2D eigenvalue weighted by Crippen LogP contribution is -2.26. The third kappa shape index (κ3) is 3.10. The highest BCUT2D eigenvalue weighted by atomic mass is 32.1. The summed E-state index contributed by atoms with van der Waals surface area (Å²) in [5, 5.41) is 23.6. The van der Waals surface area contributed by atoms with E-state index in [4.69, 9.17) is 5.41 Å². The molecule has 126 valence electrons. The number of nitrogens with one attached hydrogen (secondary N) is 1.